The Labute approximate surface area is 167 Å². The van der Waals surface area contributed by atoms with Crippen molar-refractivity contribution in [2.45, 2.75) is 38.8 Å². The number of nitrogens with zero attached hydrogens (tertiary/aromatic N) is 4. The van der Waals surface area contributed by atoms with Gasteiger partial charge in [-0.3, -0.25) is 9.89 Å². The van der Waals surface area contributed by atoms with E-state index in [1.165, 1.54) is 6.42 Å². The summed E-state index contributed by atoms with van der Waals surface area (Å²) in [6.07, 6.45) is 1.18. The maximum atomic E-state index is 5.45. The van der Waals surface area contributed by atoms with Crippen LogP contribution in [0.1, 0.15) is 37.6 Å². The van der Waals surface area contributed by atoms with Crippen LogP contribution in [0, 0.1) is 0 Å². The van der Waals surface area contributed by atoms with Crippen LogP contribution in [-0.2, 0) is 11.3 Å². The van der Waals surface area contributed by atoms with Crippen LogP contribution in [0.25, 0.3) is 0 Å². The predicted molar refractivity (Wildman–Crippen MR) is 109 cm³/mol. The Morgan fingerprint density at radius 2 is 2.12 bits per heavy atom. The van der Waals surface area contributed by atoms with E-state index >= 15 is 0 Å². The van der Waals surface area contributed by atoms with E-state index in [0.29, 0.717) is 18.5 Å². The molecule has 2 aliphatic heterocycles. The Kier molecular flexibility index (Phi) is 7.95. The quantitative estimate of drug-likeness (QED) is 0.418. The fraction of sp³-hybridized carbons (Fsp3) is 0.765. The van der Waals surface area contributed by atoms with Gasteiger partial charge in [0.05, 0.1) is 25.5 Å². The number of aliphatic imine (C=N–C) groups is 1. The largest absolute Gasteiger partial charge is 0.379 e. The van der Waals surface area contributed by atoms with Gasteiger partial charge in [0.2, 0.25) is 0 Å². The number of hydrogen-bond acceptors (Lipinski definition) is 5. The first-order chi connectivity index (χ1) is 11.7. The van der Waals surface area contributed by atoms with Crippen molar-refractivity contribution < 1.29 is 9.26 Å². The van der Waals surface area contributed by atoms with Gasteiger partial charge in [-0.1, -0.05) is 19.0 Å². The molecule has 0 radical (unpaired) electrons. The van der Waals surface area contributed by atoms with E-state index < -0.39 is 0 Å². The monoisotopic (exact) mass is 463 g/mol. The second-order valence-corrected chi connectivity index (χ2v) is 6.81. The molecule has 0 spiro atoms. The third-order valence-electron chi connectivity index (χ3n) is 4.83. The van der Waals surface area contributed by atoms with Gasteiger partial charge in [0.15, 0.2) is 11.7 Å². The third-order valence-corrected chi connectivity index (χ3v) is 4.83. The molecule has 3 heterocycles. The number of aromatic nitrogens is 1. The van der Waals surface area contributed by atoms with E-state index in [1.54, 1.807) is 0 Å². The molecule has 25 heavy (non-hydrogen) atoms. The fourth-order valence-electron chi connectivity index (χ4n) is 3.36. The molecule has 0 bridgehead atoms. The van der Waals surface area contributed by atoms with Crippen LogP contribution >= 0.6 is 24.0 Å². The molecular formula is C17H30IN5O2. The maximum absolute atomic E-state index is 5.45. The van der Waals surface area contributed by atoms with Crippen molar-refractivity contribution in [1.29, 1.82) is 0 Å². The van der Waals surface area contributed by atoms with Crippen LogP contribution in [0.15, 0.2) is 15.6 Å². The average molecular weight is 463 g/mol. The second kappa shape index (κ2) is 9.72. The maximum Gasteiger partial charge on any atom is 0.194 e. The SMILES string of the molecule is CN=C(NCc1cc(C(C)C)no1)N1CCC(N2CCOCC2)C1.I. The van der Waals surface area contributed by atoms with Crippen molar-refractivity contribution in [2.24, 2.45) is 4.99 Å². The van der Waals surface area contributed by atoms with E-state index in [2.05, 4.69) is 39.1 Å². The normalized spacial score (nSPS) is 22.3. The molecule has 7 nitrogen and oxygen atoms in total. The number of likely N-dealkylation sites (tertiary alicyclic amines) is 1. The highest BCUT2D eigenvalue weighted by molar-refractivity contribution is 14.0. The molecule has 3 rings (SSSR count). The summed E-state index contributed by atoms with van der Waals surface area (Å²) in [6.45, 7) is 10.7. The minimum atomic E-state index is 0. The first-order valence-electron chi connectivity index (χ1n) is 8.90. The standard InChI is InChI=1S/C17H29N5O2.HI/c1-13(2)16-10-15(24-20-16)11-19-17(18-3)22-5-4-14(12-22)21-6-8-23-9-7-21;/h10,13-14H,4-9,11-12H2,1-3H3,(H,18,19);1H. The van der Waals surface area contributed by atoms with Gasteiger partial charge in [0, 0.05) is 45.3 Å². The molecule has 0 amide bonds. The summed E-state index contributed by atoms with van der Waals surface area (Å²) in [6, 6.07) is 2.62. The zero-order valence-electron chi connectivity index (χ0n) is 15.4. The molecule has 0 aromatic carbocycles. The lowest BCUT2D eigenvalue weighted by Crippen LogP contribution is -2.46. The number of hydrogen-bond donors (Lipinski definition) is 1. The van der Waals surface area contributed by atoms with Crippen LogP contribution in [0.5, 0.6) is 0 Å². The average Bonchev–Trinajstić information content (AvgIpc) is 3.26. The Morgan fingerprint density at radius 3 is 2.76 bits per heavy atom. The topological polar surface area (TPSA) is 66.1 Å². The summed E-state index contributed by atoms with van der Waals surface area (Å²) in [5.74, 6) is 2.17. The second-order valence-electron chi connectivity index (χ2n) is 6.81. The van der Waals surface area contributed by atoms with Gasteiger partial charge < -0.3 is 19.5 Å². The predicted octanol–water partition coefficient (Wildman–Crippen LogP) is 1.90. The van der Waals surface area contributed by atoms with E-state index in [0.717, 1.165) is 56.8 Å². The zero-order valence-corrected chi connectivity index (χ0v) is 17.7. The lowest BCUT2D eigenvalue weighted by molar-refractivity contribution is 0.0195. The van der Waals surface area contributed by atoms with Crippen LogP contribution in [0.2, 0.25) is 0 Å². The number of halogens is 1. The van der Waals surface area contributed by atoms with E-state index in [1.807, 2.05) is 13.1 Å². The third kappa shape index (κ3) is 5.30. The van der Waals surface area contributed by atoms with Crippen molar-refractivity contribution in [3.8, 4) is 0 Å². The Hall–Kier alpha value is -0.870. The first-order valence-corrected chi connectivity index (χ1v) is 8.90. The van der Waals surface area contributed by atoms with Crippen molar-refractivity contribution in [2.75, 3.05) is 46.4 Å². The summed E-state index contributed by atoms with van der Waals surface area (Å²) in [4.78, 5) is 9.31. The number of ether oxygens (including phenoxy) is 1. The number of nitrogens with one attached hydrogen (secondary N) is 1. The van der Waals surface area contributed by atoms with Crippen LogP contribution in [-0.4, -0.2) is 73.4 Å². The highest BCUT2D eigenvalue weighted by atomic mass is 127. The van der Waals surface area contributed by atoms with Crippen molar-refractivity contribution >= 4 is 29.9 Å². The molecule has 8 heteroatoms. The first kappa shape index (κ1) is 20.4. The molecular weight excluding hydrogens is 433 g/mol. The van der Waals surface area contributed by atoms with Crippen LogP contribution in [0.3, 0.4) is 0 Å². The minimum absolute atomic E-state index is 0. The zero-order chi connectivity index (χ0) is 16.9. The summed E-state index contributed by atoms with van der Waals surface area (Å²) in [7, 11) is 1.84. The highest BCUT2D eigenvalue weighted by Gasteiger charge is 2.30. The highest BCUT2D eigenvalue weighted by Crippen LogP contribution is 2.17. The van der Waals surface area contributed by atoms with Gasteiger partial charge >= 0.3 is 0 Å². The fourth-order valence-corrected chi connectivity index (χ4v) is 3.36. The van der Waals surface area contributed by atoms with Crippen LogP contribution < -0.4 is 5.32 Å². The van der Waals surface area contributed by atoms with E-state index in [4.69, 9.17) is 9.26 Å². The Balaban J connectivity index is 0.00000225. The number of morpholine rings is 1. The molecule has 2 saturated heterocycles. The van der Waals surface area contributed by atoms with E-state index in [9.17, 15) is 0 Å². The lowest BCUT2D eigenvalue weighted by Gasteiger charge is -2.32. The Morgan fingerprint density at radius 1 is 1.36 bits per heavy atom. The van der Waals surface area contributed by atoms with Gasteiger partial charge in [-0.05, 0) is 12.3 Å². The summed E-state index contributed by atoms with van der Waals surface area (Å²) >= 11 is 0. The molecule has 1 atom stereocenters. The van der Waals surface area contributed by atoms with Gasteiger partial charge in [0.1, 0.15) is 0 Å². The van der Waals surface area contributed by atoms with Crippen molar-refractivity contribution in [3.63, 3.8) is 0 Å². The van der Waals surface area contributed by atoms with E-state index in [-0.39, 0.29) is 24.0 Å². The summed E-state index contributed by atoms with van der Waals surface area (Å²) in [5.41, 5.74) is 0.996. The molecule has 1 N–H and O–H groups in total. The smallest absolute Gasteiger partial charge is 0.194 e. The molecule has 1 unspecified atom stereocenters. The molecule has 1 aromatic rings. The number of guanidine groups is 1. The van der Waals surface area contributed by atoms with Gasteiger partial charge in [-0.25, -0.2) is 0 Å². The van der Waals surface area contributed by atoms with Gasteiger partial charge in [0.25, 0.3) is 0 Å². The minimum Gasteiger partial charge on any atom is -0.379 e. The van der Waals surface area contributed by atoms with Gasteiger partial charge in [-0.15, -0.1) is 24.0 Å². The molecule has 2 aliphatic rings. The summed E-state index contributed by atoms with van der Waals surface area (Å²) < 4.78 is 10.8. The Bertz CT molecular complexity index is 557. The van der Waals surface area contributed by atoms with Crippen molar-refractivity contribution in [3.05, 3.63) is 17.5 Å². The summed E-state index contributed by atoms with van der Waals surface area (Å²) in [5, 5.41) is 7.51. The molecule has 142 valence electrons. The molecule has 2 fully saturated rings. The molecule has 0 saturated carbocycles. The lowest BCUT2D eigenvalue weighted by atomic mass is 10.1. The number of rotatable bonds is 4. The molecule has 1 aromatic heterocycles. The van der Waals surface area contributed by atoms with Gasteiger partial charge in [-0.2, -0.15) is 0 Å². The van der Waals surface area contributed by atoms with Crippen molar-refractivity contribution in [1.82, 2.24) is 20.3 Å². The molecule has 0 aliphatic carbocycles. The van der Waals surface area contributed by atoms with Crippen LogP contribution in [0.4, 0.5) is 0 Å².